The van der Waals surface area contributed by atoms with Crippen LogP contribution in [0.15, 0.2) is 29.8 Å². The van der Waals surface area contributed by atoms with Crippen molar-refractivity contribution < 1.29 is 9.47 Å². The van der Waals surface area contributed by atoms with Crippen LogP contribution in [0.2, 0.25) is 5.02 Å². The van der Waals surface area contributed by atoms with Crippen molar-refractivity contribution in [2.45, 2.75) is 6.04 Å². The molecule has 0 saturated carbocycles. The summed E-state index contributed by atoms with van der Waals surface area (Å²) in [5.41, 5.74) is 1.06. The van der Waals surface area contributed by atoms with Gasteiger partial charge in [0.15, 0.2) is 0 Å². The SMILES string of the molecule is COCCNC(c1ccc(OC)c(Cl)c1)c1nccs1. The fraction of sp³-hybridized carbons (Fsp3) is 0.357. The Bertz CT molecular complexity index is 534. The van der Waals surface area contributed by atoms with Gasteiger partial charge >= 0.3 is 0 Å². The first-order chi connectivity index (χ1) is 9.76. The molecular formula is C14H17ClN2O2S. The van der Waals surface area contributed by atoms with Crippen LogP contribution in [-0.2, 0) is 4.74 Å². The maximum atomic E-state index is 6.20. The lowest BCUT2D eigenvalue weighted by Crippen LogP contribution is -2.25. The topological polar surface area (TPSA) is 43.4 Å². The van der Waals surface area contributed by atoms with Crippen LogP contribution in [0.3, 0.4) is 0 Å². The van der Waals surface area contributed by atoms with Gasteiger partial charge < -0.3 is 14.8 Å². The summed E-state index contributed by atoms with van der Waals surface area (Å²) >= 11 is 7.81. The largest absolute Gasteiger partial charge is 0.495 e. The van der Waals surface area contributed by atoms with Crippen LogP contribution in [0, 0.1) is 0 Å². The van der Waals surface area contributed by atoms with E-state index in [-0.39, 0.29) is 6.04 Å². The van der Waals surface area contributed by atoms with E-state index in [1.54, 1.807) is 31.8 Å². The first-order valence-electron chi connectivity index (χ1n) is 6.21. The molecule has 0 radical (unpaired) electrons. The molecule has 0 spiro atoms. The van der Waals surface area contributed by atoms with Crippen molar-refractivity contribution in [1.82, 2.24) is 10.3 Å². The van der Waals surface area contributed by atoms with Crippen molar-refractivity contribution in [3.05, 3.63) is 45.4 Å². The van der Waals surface area contributed by atoms with Crippen molar-refractivity contribution in [3.8, 4) is 5.75 Å². The highest BCUT2D eigenvalue weighted by molar-refractivity contribution is 7.09. The number of hydrogen-bond acceptors (Lipinski definition) is 5. The minimum atomic E-state index is 0.00792. The summed E-state index contributed by atoms with van der Waals surface area (Å²) in [7, 11) is 3.29. The average Bonchev–Trinajstić information content (AvgIpc) is 2.97. The Morgan fingerprint density at radius 2 is 2.25 bits per heavy atom. The number of nitrogens with one attached hydrogen (secondary N) is 1. The fourth-order valence-electron chi connectivity index (χ4n) is 1.89. The summed E-state index contributed by atoms with van der Waals surface area (Å²) in [6.07, 6.45) is 1.80. The van der Waals surface area contributed by atoms with Crippen LogP contribution < -0.4 is 10.1 Å². The summed E-state index contributed by atoms with van der Waals surface area (Å²) in [6, 6.07) is 5.78. The van der Waals surface area contributed by atoms with Gasteiger partial charge in [-0.3, -0.25) is 0 Å². The molecule has 2 aromatic rings. The molecule has 0 aliphatic rings. The third-order valence-corrected chi connectivity index (χ3v) is 4.00. The van der Waals surface area contributed by atoms with Crippen molar-refractivity contribution in [3.63, 3.8) is 0 Å². The van der Waals surface area contributed by atoms with E-state index in [2.05, 4.69) is 10.3 Å². The predicted octanol–water partition coefficient (Wildman–Crippen LogP) is 3.13. The van der Waals surface area contributed by atoms with Gasteiger partial charge in [-0.05, 0) is 17.7 Å². The Labute approximate surface area is 127 Å². The van der Waals surface area contributed by atoms with Gasteiger partial charge in [0.05, 0.1) is 24.8 Å². The Morgan fingerprint density at radius 3 is 2.85 bits per heavy atom. The van der Waals surface area contributed by atoms with Crippen LogP contribution in [0.25, 0.3) is 0 Å². The molecule has 0 saturated heterocycles. The zero-order valence-electron chi connectivity index (χ0n) is 11.4. The fourth-order valence-corrected chi connectivity index (χ4v) is 2.90. The number of thiazole rings is 1. The first kappa shape index (κ1) is 15.3. The molecule has 1 aromatic heterocycles. The van der Waals surface area contributed by atoms with Gasteiger partial charge in [0.25, 0.3) is 0 Å². The summed E-state index contributed by atoms with van der Waals surface area (Å²) in [4.78, 5) is 4.38. The minimum absolute atomic E-state index is 0.00792. The lowest BCUT2D eigenvalue weighted by Gasteiger charge is -2.17. The second kappa shape index (κ2) is 7.59. The van der Waals surface area contributed by atoms with E-state index in [0.717, 1.165) is 17.1 Å². The number of methoxy groups -OCH3 is 2. The van der Waals surface area contributed by atoms with E-state index in [1.807, 2.05) is 23.6 Å². The second-order valence-corrected chi connectivity index (χ2v) is 5.48. The Hall–Kier alpha value is -1.14. The standard InChI is InChI=1S/C14H17ClN2O2S/c1-18-7-5-16-13(14-17-6-8-20-14)10-3-4-12(19-2)11(15)9-10/h3-4,6,8-9,13,16H,5,7H2,1-2H3. The zero-order valence-corrected chi connectivity index (χ0v) is 13.0. The van der Waals surface area contributed by atoms with E-state index >= 15 is 0 Å². The van der Waals surface area contributed by atoms with Gasteiger partial charge in [0, 0.05) is 25.2 Å². The first-order valence-corrected chi connectivity index (χ1v) is 7.47. The van der Waals surface area contributed by atoms with Gasteiger partial charge in [-0.2, -0.15) is 0 Å². The molecule has 2 rings (SSSR count). The molecule has 0 aliphatic heterocycles. The average molecular weight is 313 g/mol. The Morgan fingerprint density at radius 1 is 1.40 bits per heavy atom. The normalized spacial score (nSPS) is 12.3. The van der Waals surface area contributed by atoms with Crippen molar-refractivity contribution in [2.24, 2.45) is 0 Å². The minimum Gasteiger partial charge on any atom is -0.495 e. The molecular weight excluding hydrogens is 296 g/mol. The summed E-state index contributed by atoms with van der Waals surface area (Å²) in [6.45, 7) is 1.39. The molecule has 4 nitrogen and oxygen atoms in total. The molecule has 20 heavy (non-hydrogen) atoms. The summed E-state index contributed by atoms with van der Waals surface area (Å²) in [5.74, 6) is 0.671. The second-order valence-electron chi connectivity index (χ2n) is 4.14. The maximum Gasteiger partial charge on any atom is 0.137 e. The van der Waals surface area contributed by atoms with Gasteiger partial charge in [0.2, 0.25) is 0 Å². The molecule has 0 amide bonds. The van der Waals surface area contributed by atoms with Crippen LogP contribution in [0.5, 0.6) is 5.75 Å². The van der Waals surface area contributed by atoms with Crippen LogP contribution >= 0.6 is 22.9 Å². The van der Waals surface area contributed by atoms with Gasteiger partial charge in [-0.25, -0.2) is 4.98 Å². The van der Waals surface area contributed by atoms with Crippen LogP contribution in [0.1, 0.15) is 16.6 Å². The van der Waals surface area contributed by atoms with Crippen molar-refractivity contribution in [2.75, 3.05) is 27.4 Å². The monoisotopic (exact) mass is 312 g/mol. The number of halogens is 1. The van der Waals surface area contributed by atoms with Gasteiger partial charge in [0.1, 0.15) is 10.8 Å². The molecule has 1 heterocycles. The summed E-state index contributed by atoms with van der Waals surface area (Å²) < 4.78 is 10.3. The smallest absolute Gasteiger partial charge is 0.137 e. The van der Waals surface area contributed by atoms with E-state index < -0.39 is 0 Å². The van der Waals surface area contributed by atoms with Gasteiger partial charge in [-0.1, -0.05) is 17.7 Å². The van der Waals surface area contributed by atoms with E-state index in [0.29, 0.717) is 17.4 Å². The molecule has 1 unspecified atom stereocenters. The quantitative estimate of drug-likeness (QED) is 0.798. The molecule has 108 valence electrons. The number of rotatable bonds is 7. The molecule has 6 heteroatoms. The molecule has 1 atom stereocenters. The molecule has 0 bridgehead atoms. The molecule has 1 N–H and O–H groups in total. The van der Waals surface area contributed by atoms with Crippen LogP contribution in [0.4, 0.5) is 0 Å². The van der Waals surface area contributed by atoms with E-state index in [1.165, 1.54) is 0 Å². The number of aromatic nitrogens is 1. The number of benzene rings is 1. The predicted molar refractivity (Wildman–Crippen MR) is 81.8 cm³/mol. The zero-order chi connectivity index (χ0) is 14.4. The highest BCUT2D eigenvalue weighted by Crippen LogP contribution is 2.30. The summed E-state index contributed by atoms with van der Waals surface area (Å²) in [5, 5.41) is 6.99. The third-order valence-electron chi connectivity index (χ3n) is 2.86. The number of hydrogen-bond donors (Lipinski definition) is 1. The maximum absolute atomic E-state index is 6.20. The van der Waals surface area contributed by atoms with E-state index in [9.17, 15) is 0 Å². The molecule has 0 fully saturated rings. The lowest BCUT2D eigenvalue weighted by molar-refractivity contribution is 0.197. The highest BCUT2D eigenvalue weighted by Gasteiger charge is 2.17. The van der Waals surface area contributed by atoms with Gasteiger partial charge in [-0.15, -0.1) is 11.3 Å². The highest BCUT2D eigenvalue weighted by atomic mass is 35.5. The Kier molecular flexibility index (Phi) is 5.79. The third kappa shape index (κ3) is 3.70. The number of nitrogens with zero attached hydrogens (tertiary/aromatic N) is 1. The lowest BCUT2D eigenvalue weighted by atomic mass is 10.1. The molecule has 1 aromatic carbocycles. The van der Waals surface area contributed by atoms with Crippen LogP contribution in [-0.4, -0.2) is 32.4 Å². The number of ether oxygens (including phenoxy) is 2. The van der Waals surface area contributed by atoms with E-state index in [4.69, 9.17) is 21.1 Å². The Balaban J connectivity index is 2.24. The van der Waals surface area contributed by atoms with Crippen molar-refractivity contribution >= 4 is 22.9 Å². The molecule has 0 aliphatic carbocycles. The van der Waals surface area contributed by atoms with Crippen molar-refractivity contribution in [1.29, 1.82) is 0 Å².